The van der Waals surface area contributed by atoms with Crippen molar-refractivity contribution in [3.63, 3.8) is 0 Å². The summed E-state index contributed by atoms with van der Waals surface area (Å²) in [4.78, 5) is 11.6. The fraction of sp³-hybridized carbons (Fsp3) is 0.727. The number of esters is 1. The second-order valence-electron chi connectivity index (χ2n) is 11.6. The van der Waals surface area contributed by atoms with Gasteiger partial charge in [-0.2, -0.15) is 0 Å². The molecule has 5 heteroatoms. The van der Waals surface area contributed by atoms with Crippen molar-refractivity contribution in [3.05, 3.63) is 48.0 Å². The van der Waals surface area contributed by atoms with Crippen molar-refractivity contribution in [1.29, 1.82) is 0 Å². The summed E-state index contributed by atoms with van der Waals surface area (Å²) < 4.78 is 5.15. The first-order valence-electron chi connectivity index (χ1n) is 15.3. The van der Waals surface area contributed by atoms with Gasteiger partial charge in [-0.25, -0.2) is 0 Å². The molecular weight excluding hydrogens is 476 g/mol. The number of aryl methyl sites for hydroxylation is 1. The third kappa shape index (κ3) is 13.9. The molecule has 0 aromatic heterocycles. The zero-order valence-corrected chi connectivity index (χ0v) is 24.0. The first-order valence-corrected chi connectivity index (χ1v) is 15.3. The molecule has 1 aromatic rings. The Morgan fingerprint density at radius 3 is 2.26 bits per heavy atom. The van der Waals surface area contributed by atoms with E-state index in [4.69, 9.17) is 4.74 Å². The molecule has 5 atom stereocenters. The zero-order valence-electron chi connectivity index (χ0n) is 24.0. The summed E-state index contributed by atoms with van der Waals surface area (Å²) in [6.07, 6.45) is 17.9. The highest BCUT2D eigenvalue weighted by Crippen LogP contribution is 2.38. The van der Waals surface area contributed by atoms with E-state index in [1.807, 2.05) is 13.8 Å². The van der Waals surface area contributed by atoms with Crippen molar-refractivity contribution < 1.29 is 24.9 Å². The molecule has 1 saturated carbocycles. The van der Waals surface area contributed by atoms with E-state index >= 15 is 0 Å². The Morgan fingerprint density at radius 1 is 0.895 bits per heavy atom. The van der Waals surface area contributed by atoms with Crippen LogP contribution in [0.25, 0.3) is 0 Å². The molecule has 5 nitrogen and oxygen atoms in total. The third-order valence-electron chi connectivity index (χ3n) is 7.89. The number of benzene rings is 1. The maximum absolute atomic E-state index is 11.6. The number of hydrogen-bond donors (Lipinski definition) is 3. The number of carbonyl (C=O) groups is 1. The molecule has 1 aliphatic rings. The maximum Gasteiger partial charge on any atom is 0.306 e. The van der Waals surface area contributed by atoms with Crippen LogP contribution in [-0.4, -0.2) is 45.7 Å². The number of aliphatic hydroxyl groups excluding tert-OH is 3. The molecule has 1 aliphatic carbocycles. The van der Waals surface area contributed by atoms with Crippen LogP contribution in [0.1, 0.15) is 116 Å². The highest BCUT2D eigenvalue weighted by molar-refractivity contribution is 5.69. The van der Waals surface area contributed by atoms with Crippen LogP contribution in [0.5, 0.6) is 0 Å². The highest BCUT2D eigenvalue weighted by Gasteiger charge is 2.40. The number of unbranched alkanes of at least 4 members (excludes halogenated alkanes) is 7. The monoisotopic (exact) mass is 530 g/mol. The summed E-state index contributed by atoms with van der Waals surface area (Å²) in [5.74, 6) is -0.0988. The van der Waals surface area contributed by atoms with E-state index in [1.54, 1.807) is 0 Å². The van der Waals surface area contributed by atoms with Crippen molar-refractivity contribution in [1.82, 2.24) is 0 Å². The predicted octanol–water partition coefficient (Wildman–Crippen LogP) is 6.92. The number of rotatable bonds is 20. The molecule has 0 radical (unpaired) electrons. The molecule has 216 valence electrons. The van der Waals surface area contributed by atoms with Gasteiger partial charge in [-0.1, -0.05) is 81.0 Å². The molecule has 0 amide bonds. The molecule has 0 heterocycles. The number of hydrogen-bond acceptors (Lipinski definition) is 5. The highest BCUT2D eigenvalue weighted by atomic mass is 16.5. The summed E-state index contributed by atoms with van der Waals surface area (Å²) in [6.45, 7) is 3.71. The largest absolute Gasteiger partial charge is 0.463 e. The third-order valence-corrected chi connectivity index (χ3v) is 7.89. The van der Waals surface area contributed by atoms with Crippen molar-refractivity contribution in [3.8, 4) is 0 Å². The molecule has 1 fully saturated rings. The fourth-order valence-electron chi connectivity index (χ4n) is 5.73. The molecule has 1 aromatic carbocycles. The Labute approximate surface area is 231 Å². The minimum Gasteiger partial charge on any atom is -0.463 e. The van der Waals surface area contributed by atoms with Gasteiger partial charge in [0.05, 0.1) is 24.4 Å². The van der Waals surface area contributed by atoms with Crippen molar-refractivity contribution in [2.75, 3.05) is 0 Å². The van der Waals surface area contributed by atoms with Gasteiger partial charge in [-0.15, -0.1) is 0 Å². The Morgan fingerprint density at radius 2 is 1.55 bits per heavy atom. The molecule has 2 rings (SSSR count). The van der Waals surface area contributed by atoms with E-state index < -0.39 is 12.2 Å². The van der Waals surface area contributed by atoms with E-state index in [1.165, 1.54) is 50.5 Å². The van der Waals surface area contributed by atoms with Crippen LogP contribution in [-0.2, 0) is 16.0 Å². The Balaban J connectivity index is 1.52. The molecule has 0 spiro atoms. The summed E-state index contributed by atoms with van der Waals surface area (Å²) in [7, 11) is 0. The molecule has 0 saturated heterocycles. The van der Waals surface area contributed by atoms with Gasteiger partial charge >= 0.3 is 5.97 Å². The smallest absolute Gasteiger partial charge is 0.306 e. The number of ether oxygens (including phenoxy) is 1. The normalized spacial score (nSPS) is 22.4. The topological polar surface area (TPSA) is 87.0 Å². The molecular formula is C33H54O5. The van der Waals surface area contributed by atoms with Gasteiger partial charge < -0.3 is 20.1 Å². The van der Waals surface area contributed by atoms with Crippen LogP contribution in [0, 0.1) is 11.8 Å². The predicted molar refractivity (Wildman–Crippen MR) is 155 cm³/mol. The standard InChI is InChI=1S/C33H54O5/c1-26(2)38-33(37)22-16-9-8-15-21-29-30(32(36)25-31(29)35)24-23-28(34)20-14-7-5-3-4-6-11-17-27-18-12-10-13-19-27/h8,10,12-13,15,18-19,26,28-32,34-36H,3-7,9,11,14,16-17,20-25H2,1-2H3/b15-8-/t28?,29-,30-,31?,32?/m1/s1. The summed E-state index contributed by atoms with van der Waals surface area (Å²) in [6, 6.07) is 10.7. The molecule has 0 bridgehead atoms. The van der Waals surface area contributed by atoms with Gasteiger partial charge in [0, 0.05) is 6.42 Å². The molecule has 38 heavy (non-hydrogen) atoms. The van der Waals surface area contributed by atoms with Crippen LogP contribution in [0.3, 0.4) is 0 Å². The average molecular weight is 531 g/mol. The first-order chi connectivity index (χ1) is 18.4. The zero-order chi connectivity index (χ0) is 27.6. The first kappa shape index (κ1) is 32.5. The lowest BCUT2D eigenvalue weighted by molar-refractivity contribution is -0.147. The van der Waals surface area contributed by atoms with Gasteiger partial charge in [-0.05, 0) is 89.0 Å². The summed E-state index contributed by atoms with van der Waals surface area (Å²) in [5.41, 5.74) is 1.43. The Kier molecular flexibility index (Phi) is 16.6. The second-order valence-corrected chi connectivity index (χ2v) is 11.6. The van der Waals surface area contributed by atoms with Crippen molar-refractivity contribution in [2.45, 2.75) is 141 Å². The van der Waals surface area contributed by atoms with Gasteiger partial charge in [0.2, 0.25) is 0 Å². The van der Waals surface area contributed by atoms with Gasteiger partial charge in [0.1, 0.15) is 0 Å². The average Bonchev–Trinajstić information content (AvgIpc) is 3.15. The summed E-state index contributed by atoms with van der Waals surface area (Å²) >= 11 is 0. The van der Waals surface area contributed by atoms with Crippen LogP contribution in [0.4, 0.5) is 0 Å². The van der Waals surface area contributed by atoms with Gasteiger partial charge in [0.25, 0.3) is 0 Å². The number of aliphatic hydroxyl groups is 3. The van der Waals surface area contributed by atoms with Crippen LogP contribution >= 0.6 is 0 Å². The van der Waals surface area contributed by atoms with E-state index in [9.17, 15) is 20.1 Å². The van der Waals surface area contributed by atoms with Crippen LogP contribution < -0.4 is 0 Å². The van der Waals surface area contributed by atoms with Gasteiger partial charge in [0.15, 0.2) is 0 Å². The Hall–Kier alpha value is -1.69. The minimum atomic E-state index is -0.497. The molecule has 3 N–H and O–H groups in total. The number of allylic oxidation sites excluding steroid dienone is 2. The fourth-order valence-corrected chi connectivity index (χ4v) is 5.73. The van der Waals surface area contributed by atoms with Crippen molar-refractivity contribution in [2.24, 2.45) is 11.8 Å². The lowest BCUT2D eigenvalue weighted by atomic mass is 9.85. The second kappa shape index (κ2) is 19.4. The molecule has 3 unspecified atom stereocenters. The van der Waals surface area contributed by atoms with E-state index in [0.29, 0.717) is 19.3 Å². The Bertz CT molecular complexity index is 762. The van der Waals surface area contributed by atoms with E-state index in [2.05, 4.69) is 42.5 Å². The minimum absolute atomic E-state index is 0.0289. The maximum atomic E-state index is 11.6. The van der Waals surface area contributed by atoms with Gasteiger partial charge in [-0.3, -0.25) is 4.79 Å². The number of carbonyl (C=O) groups excluding carboxylic acids is 1. The quantitative estimate of drug-likeness (QED) is 0.0968. The van der Waals surface area contributed by atoms with Crippen molar-refractivity contribution >= 4 is 5.97 Å². The van der Waals surface area contributed by atoms with Crippen LogP contribution in [0.2, 0.25) is 0 Å². The summed E-state index contributed by atoms with van der Waals surface area (Å²) in [5, 5.41) is 31.5. The van der Waals surface area contributed by atoms with E-state index in [0.717, 1.165) is 38.5 Å². The lowest BCUT2D eigenvalue weighted by Gasteiger charge is -2.23. The SMILES string of the molecule is CC(C)OC(=O)CCC/C=C\C[C@H]1C(O)CC(O)[C@@H]1CCC(O)CCCCCCCCCc1ccccc1. The van der Waals surface area contributed by atoms with E-state index in [-0.39, 0.29) is 30.0 Å². The van der Waals surface area contributed by atoms with Crippen LogP contribution in [0.15, 0.2) is 42.5 Å². The lowest BCUT2D eigenvalue weighted by Crippen LogP contribution is -2.23. The molecule has 0 aliphatic heterocycles.